The van der Waals surface area contributed by atoms with Gasteiger partial charge >= 0.3 is 0 Å². The molecule has 1 heteroatoms. The summed E-state index contributed by atoms with van der Waals surface area (Å²) in [6, 6.07) is 9.75. The molecule has 0 aromatic heterocycles. The summed E-state index contributed by atoms with van der Waals surface area (Å²) < 4.78 is 0. The Labute approximate surface area is 113 Å². The predicted octanol–water partition coefficient (Wildman–Crippen LogP) is 4.21. The highest BCUT2D eigenvalue weighted by Crippen LogP contribution is 2.13. The second kappa shape index (κ2) is 8.31. The van der Waals surface area contributed by atoms with Crippen molar-refractivity contribution in [3.05, 3.63) is 35.4 Å². The zero-order valence-electron chi connectivity index (χ0n) is 12.5. The molecular formula is C17H29N. The standard InChI is InChI=1S/C17H29N/c1-5-8-15-9-7-10-16(13-15)11-12-17(14(3)4)18-6-2/h7,9-10,13-14,17-18H,5-6,8,11-12H2,1-4H3. The van der Waals surface area contributed by atoms with Gasteiger partial charge in [0.1, 0.15) is 0 Å². The zero-order valence-corrected chi connectivity index (χ0v) is 12.5. The zero-order chi connectivity index (χ0) is 13.4. The van der Waals surface area contributed by atoms with Crippen LogP contribution in [-0.4, -0.2) is 12.6 Å². The minimum atomic E-state index is 0.643. The second-order valence-corrected chi connectivity index (χ2v) is 5.52. The monoisotopic (exact) mass is 247 g/mol. The van der Waals surface area contributed by atoms with Crippen LogP contribution in [0.4, 0.5) is 0 Å². The van der Waals surface area contributed by atoms with Gasteiger partial charge in [0.2, 0.25) is 0 Å². The lowest BCUT2D eigenvalue weighted by Crippen LogP contribution is -2.34. The minimum Gasteiger partial charge on any atom is -0.314 e. The molecule has 1 rings (SSSR count). The first-order valence-corrected chi connectivity index (χ1v) is 7.48. The van der Waals surface area contributed by atoms with Crippen LogP contribution in [0.3, 0.4) is 0 Å². The Kier molecular flexibility index (Phi) is 7.04. The van der Waals surface area contributed by atoms with Crippen LogP contribution >= 0.6 is 0 Å². The average Bonchev–Trinajstić information content (AvgIpc) is 2.35. The van der Waals surface area contributed by atoms with E-state index in [1.807, 2.05) is 0 Å². The third-order valence-electron chi connectivity index (χ3n) is 3.55. The Bertz CT molecular complexity index is 330. The van der Waals surface area contributed by atoms with Crippen molar-refractivity contribution in [2.45, 2.75) is 59.4 Å². The fraction of sp³-hybridized carbons (Fsp3) is 0.647. The quantitative estimate of drug-likeness (QED) is 0.726. The molecule has 1 N–H and O–H groups in total. The van der Waals surface area contributed by atoms with E-state index in [1.54, 1.807) is 0 Å². The summed E-state index contributed by atoms with van der Waals surface area (Å²) >= 11 is 0. The number of benzene rings is 1. The molecule has 0 saturated heterocycles. The van der Waals surface area contributed by atoms with Gasteiger partial charge in [-0.1, -0.05) is 58.4 Å². The van der Waals surface area contributed by atoms with Crippen LogP contribution in [0.2, 0.25) is 0 Å². The molecule has 1 nitrogen and oxygen atoms in total. The molecule has 102 valence electrons. The highest BCUT2D eigenvalue weighted by Gasteiger charge is 2.11. The molecule has 18 heavy (non-hydrogen) atoms. The fourth-order valence-corrected chi connectivity index (χ4v) is 2.48. The minimum absolute atomic E-state index is 0.643. The van der Waals surface area contributed by atoms with E-state index in [0.717, 1.165) is 6.54 Å². The Morgan fingerprint density at radius 1 is 1.06 bits per heavy atom. The van der Waals surface area contributed by atoms with Gasteiger partial charge in [0.25, 0.3) is 0 Å². The van der Waals surface area contributed by atoms with Crippen molar-refractivity contribution in [2.75, 3.05) is 6.54 Å². The van der Waals surface area contributed by atoms with E-state index in [1.165, 1.54) is 36.8 Å². The summed E-state index contributed by atoms with van der Waals surface area (Å²) in [5, 5.41) is 3.59. The van der Waals surface area contributed by atoms with Crippen LogP contribution in [0, 0.1) is 5.92 Å². The summed E-state index contributed by atoms with van der Waals surface area (Å²) in [6.07, 6.45) is 4.86. The second-order valence-electron chi connectivity index (χ2n) is 5.52. The topological polar surface area (TPSA) is 12.0 Å². The average molecular weight is 247 g/mol. The van der Waals surface area contributed by atoms with Crippen molar-refractivity contribution in [3.63, 3.8) is 0 Å². The molecule has 0 heterocycles. The Morgan fingerprint density at radius 3 is 2.28 bits per heavy atom. The fourth-order valence-electron chi connectivity index (χ4n) is 2.48. The van der Waals surface area contributed by atoms with Gasteiger partial charge in [0.15, 0.2) is 0 Å². The Morgan fingerprint density at radius 2 is 1.72 bits per heavy atom. The molecule has 1 aromatic carbocycles. The van der Waals surface area contributed by atoms with Gasteiger partial charge in [-0.2, -0.15) is 0 Å². The molecule has 0 amide bonds. The van der Waals surface area contributed by atoms with Gasteiger partial charge in [-0.25, -0.2) is 0 Å². The summed E-state index contributed by atoms with van der Waals surface area (Å²) in [6.45, 7) is 10.1. The normalized spacial score (nSPS) is 12.9. The lowest BCUT2D eigenvalue weighted by atomic mass is 9.95. The van der Waals surface area contributed by atoms with Crippen molar-refractivity contribution in [3.8, 4) is 0 Å². The smallest absolute Gasteiger partial charge is 0.00931 e. The number of rotatable bonds is 8. The van der Waals surface area contributed by atoms with E-state index < -0.39 is 0 Å². The largest absolute Gasteiger partial charge is 0.314 e. The van der Waals surface area contributed by atoms with Gasteiger partial charge in [0, 0.05) is 6.04 Å². The molecule has 1 aromatic rings. The molecule has 0 radical (unpaired) electrons. The SMILES string of the molecule is CCCc1cccc(CCC(NCC)C(C)C)c1. The molecule has 0 aliphatic rings. The maximum Gasteiger partial charge on any atom is 0.00931 e. The lowest BCUT2D eigenvalue weighted by molar-refractivity contribution is 0.385. The highest BCUT2D eigenvalue weighted by molar-refractivity contribution is 5.23. The molecule has 1 atom stereocenters. The summed E-state index contributed by atoms with van der Waals surface area (Å²) in [5.41, 5.74) is 2.98. The van der Waals surface area contributed by atoms with Gasteiger partial charge in [-0.3, -0.25) is 0 Å². The van der Waals surface area contributed by atoms with E-state index >= 15 is 0 Å². The first-order chi connectivity index (χ1) is 8.67. The summed E-state index contributed by atoms with van der Waals surface area (Å²) in [7, 11) is 0. The first-order valence-electron chi connectivity index (χ1n) is 7.48. The molecular weight excluding hydrogens is 218 g/mol. The van der Waals surface area contributed by atoms with E-state index in [0.29, 0.717) is 12.0 Å². The van der Waals surface area contributed by atoms with Gasteiger partial charge < -0.3 is 5.32 Å². The third kappa shape index (κ3) is 5.22. The summed E-state index contributed by atoms with van der Waals surface area (Å²) in [4.78, 5) is 0. The lowest BCUT2D eigenvalue weighted by Gasteiger charge is -2.21. The van der Waals surface area contributed by atoms with Crippen LogP contribution in [-0.2, 0) is 12.8 Å². The van der Waals surface area contributed by atoms with Gasteiger partial charge in [-0.05, 0) is 42.9 Å². The van der Waals surface area contributed by atoms with Crippen LogP contribution in [0.15, 0.2) is 24.3 Å². The molecule has 0 aliphatic carbocycles. The van der Waals surface area contributed by atoms with E-state index in [4.69, 9.17) is 0 Å². The van der Waals surface area contributed by atoms with E-state index in [9.17, 15) is 0 Å². The highest BCUT2D eigenvalue weighted by atomic mass is 14.9. The predicted molar refractivity (Wildman–Crippen MR) is 81.1 cm³/mol. The number of aryl methyl sites for hydroxylation is 2. The molecule has 0 bridgehead atoms. The molecule has 1 unspecified atom stereocenters. The molecule has 0 fully saturated rings. The Hall–Kier alpha value is -0.820. The number of hydrogen-bond donors (Lipinski definition) is 1. The maximum absolute atomic E-state index is 3.59. The van der Waals surface area contributed by atoms with E-state index in [2.05, 4.69) is 57.3 Å². The van der Waals surface area contributed by atoms with E-state index in [-0.39, 0.29) is 0 Å². The van der Waals surface area contributed by atoms with Crippen LogP contribution in [0.5, 0.6) is 0 Å². The molecule has 0 aliphatic heterocycles. The van der Waals surface area contributed by atoms with Crippen molar-refractivity contribution in [1.82, 2.24) is 5.32 Å². The number of nitrogens with one attached hydrogen (secondary N) is 1. The van der Waals surface area contributed by atoms with Crippen molar-refractivity contribution >= 4 is 0 Å². The van der Waals surface area contributed by atoms with Crippen molar-refractivity contribution in [2.24, 2.45) is 5.92 Å². The van der Waals surface area contributed by atoms with Crippen molar-refractivity contribution in [1.29, 1.82) is 0 Å². The van der Waals surface area contributed by atoms with Crippen LogP contribution in [0.25, 0.3) is 0 Å². The molecule has 0 spiro atoms. The Balaban J connectivity index is 2.53. The van der Waals surface area contributed by atoms with Crippen molar-refractivity contribution < 1.29 is 0 Å². The third-order valence-corrected chi connectivity index (χ3v) is 3.55. The maximum atomic E-state index is 3.59. The molecule has 0 saturated carbocycles. The first kappa shape index (κ1) is 15.2. The van der Waals surface area contributed by atoms with Crippen LogP contribution < -0.4 is 5.32 Å². The number of hydrogen-bond acceptors (Lipinski definition) is 1. The van der Waals surface area contributed by atoms with Gasteiger partial charge in [0.05, 0.1) is 0 Å². The summed E-state index contributed by atoms with van der Waals surface area (Å²) in [5.74, 6) is 0.712. The van der Waals surface area contributed by atoms with Crippen LogP contribution in [0.1, 0.15) is 51.7 Å². The van der Waals surface area contributed by atoms with Gasteiger partial charge in [-0.15, -0.1) is 0 Å².